The van der Waals surface area contributed by atoms with Gasteiger partial charge in [-0.15, -0.1) is 0 Å². The highest BCUT2D eigenvalue weighted by Crippen LogP contribution is 2.24. The number of ether oxygens (including phenoxy) is 1. The summed E-state index contributed by atoms with van der Waals surface area (Å²) in [5.41, 5.74) is 1.21. The van der Waals surface area contributed by atoms with Crippen LogP contribution in [0.25, 0.3) is 0 Å². The molecule has 0 amide bonds. The molecule has 3 heteroatoms. The van der Waals surface area contributed by atoms with Crippen molar-refractivity contribution in [2.24, 2.45) is 0 Å². The predicted octanol–water partition coefficient (Wildman–Crippen LogP) is 4.79. The fraction of sp³-hybridized carbons (Fsp3) is 0.444. The van der Waals surface area contributed by atoms with E-state index in [0.29, 0.717) is 0 Å². The Hall–Kier alpha value is -1.74. The van der Waals surface area contributed by atoms with Crippen LogP contribution in [0.3, 0.4) is 0 Å². The maximum absolute atomic E-state index is 5.75. The summed E-state index contributed by atoms with van der Waals surface area (Å²) in [6.45, 7) is 10.3. The van der Waals surface area contributed by atoms with Gasteiger partial charge in [-0.25, -0.2) is 0 Å². The standard InChI is InChI=1S/C18H25NO2/c1-12(2)20-17-8-6-7-16(11-17)14(4)19-15(5)18-10-9-13(3)21-18/h6-12,14-15,19H,1-5H3. The Bertz CT molecular complexity index is 574. The minimum atomic E-state index is 0.170. The Balaban J connectivity index is 2.04. The van der Waals surface area contributed by atoms with E-state index in [-0.39, 0.29) is 18.2 Å². The molecule has 1 heterocycles. The monoisotopic (exact) mass is 287 g/mol. The fourth-order valence-electron chi connectivity index (χ4n) is 2.37. The van der Waals surface area contributed by atoms with Crippen molar-refractivity contribution in [1.29, 1.82) is 0 Å². The summed E-state index contributed by atoms with van der Waals surface area (Å²) in [5.74, 6) is 2.82. The first-order valence-electron chi connectivity index (χ1n) is 7.54. The van der Waals surface area contributed by atoms with E-state index in [1.807, 2.05) is 45.0 Å². The Labute approximate surface area is 127 Å². The van der Waals surface area contributed by atoms with E-state index in [1.54, 1.807) is 0 Å². The highest BCUT2D eigenvalue weighted by Gasteiger charge is 2.14. The van der Waals surface area contributed by atoms with E-state index < -0.39 is 0 Å². The van der Waals surface area contributed by atoms with Crippen LogP contribution in [0.1, 0.15) is 56.9 Å². The second kappa shape index (κ2) is 6.81. The smallest absolute Gasteiger partial charge is 0.120 e. The largest absolute Gasteiger partial charge is 0.491 e. The molecule has 0 radical (unpaired) electrons. The highest BCUT2D eigenvalue weighted by molar-refractivity contribution is 5.30. The molecule has 1 aromatic heterocycles. The van der Waals surface area contributed by atoms with E-state index in [1.165, 1.54) is 5.56 Å². The summed E-state index contributed by atoms with van der Waals surface area (Å²) in [6, 6.07) is 12.7. The number of hydrogen-bond acceptors (Lipinski definition) is 3. The summed E-state index contributed by atoms with van der Waals surface area (Å²) < 4.78 is 11.4. The molecule has 114 valence electrons. The molecule has 1 N–H and O–H groups in total. The first kappa shape index (κ1) is 15.6. The molecule has 0 saturated carbocycles. The minimum absolute atomic E-state index is 0.170. The van der Waals surface area contributed by atoms with Crippen LogP contribution in [0.15, 0.2) is 40.8 Å². The molecule has 0 fully saturated rings. The summed E-state index contributed by atoms with van der Waals surface area (Å²) in [4.78, 5) is 0. The zero-order valence-electron chi connectivity index (χ0n) is 13.5. The molecule has 0 aliphatic rings. The number of benzene rings is 1. The second-order valence-corrected chi connectivity index (χ2v) is 5.80. The summed E-state index contributed by atoms with van der Waals surface area (Å²) in [5, 5.41) is 3.56. The average Bonchev–Trinajstić information content (AvgIpc) is 2.85. The normalized spacial score (nSPS) is 14.2. The van der Waals surface area contributed by atoms with Crippen LogP contribution in [-0.2, 0) is 0 Å². The van der Waals surface area contributed by atoms with Crippen molar-refractivity contribution in [3.63, 3.8) is 0 Å². The molecule has 2 aromatic rings. The molecule has 2 atom stereocenters. The molecule has 0 aliphatic heterocycles. The van der Waals surface area contributed by atoms with Crippen LogP contribution in [0.2, 0.25) is 0 Å². The lowest BCUT2D eigenvalue weighted by atomic mass is 10.1. The maximum Gasteiger partial charge on any atom is 0.120 e. The number of hydrogen-bond donors (Lipinski definition) is 1. The van der Waals surface area contributed by atoms with Gasteiger partial charge in [-0.1, -0.05) is 12.1 Å². The minimum Gasteiger partial charge on any atom is -0.491 e. The van der Waals surface area contributed by atoms with Crippen LogP contribution < -0.4 is 10.1 Å². The Morgan fingerprint density at radius 3 is 2.38 bits per heavy atom. The topological polar surface area (TPSA) is 34.4 Å². The molecule has 21 heavy (non-hydrogen) atoms. The van der Waals surface area contributed by atoms with Crippen molar-refractivity contribution in [2.75, 3.05) is 0 Å². The molecular weight excluding hydrogens is 262 g/mol. The number of furan rings is 1. The summed E-state index contributed by atoms with van der Waals surface area (Å²) >= 11 is 0. The number of nitrogens with one attached hydrogen (secondary N) is 1. The third kappa shape index (κ3) is 4.36. The third-order valence-electron chi connectivity index (χ3n) is 3.42. The van der Waals surface area contributed by atoms with E-state index in [4.69, 9.17) is 9.15 Å². The Morgan fingerprint density at radius 2 is 1.76 bits per heavy atom. The third-order valence-corrected chi connectivity index (χ3v) is 3.42. The van der Waals surface area contributed by atoms with Crippen LogP contribution in [-0.4, -0.2) is 6.10 Å². The Morgan fingerprint density at radius 1 is 1.00 bits per heavy atom. The van der Waals surface area contributed by atoms with E-state index >= 15 is 0 Å². The van der Waals surface area contributed by atoms with Crippen molar-refractivity contribution in [3.05, 3.63) is 53.5 Å². The van der Waals surface area contributed by atoms with Crippen LogP contribution in [0, 0.1) is 6.92 Å². The molecule has 0 spiro atoms. The van der Waals surface area contributed by atoms with Crippen LogP contribution in [0.5, 0.6) is 5.75 Å². The molecule has 2 rings (SSSR count). The zero-order valence-corrected chi connectivity index (χ0v) is 13.5. The van der Waals surface area contributed by atoms with Crippen molar-refractivity contribution in [1.82, 2.24) is 5.32 Å². The van der Waals surface area contributed by atoms with Gasteiger partial charge in [0.05, 0.1) is 12.1 Å². The highest BCUT2D eigenvalue weighted by atomic mass is 16.5. The van der Waals surface area contributed by atoms with Gasteiger partial charge in [-0.2, -0.15) is 0 Å². The fourth-order valence-corrected chi connectivity index (χ4v) is 2.37. The number of rotatable bonds is 6. The summed E-state index contributed by atoms with van der Waals surface area (Å²) in [7, 11) is 0. The van der Waals surface area contributed by atoms with E-state index in [2.05, 4.69) is 31.3 Å². The first-order chi connectivity index (χ1) is 9.95. The molecule has 0 bridgehead atoms. The molecule has 1 aromatic carbocycles. The zero-order chi connectivity index (χ0) is 15.4. The second-order valence-electron chi connectivity index (χ2n) is 5.80. The lowest BCUT2D eigenvalue weighted by molar-refractivity contribution is 0.242. The number of aryl methyl sites for hydroxylation is 1. The lowest BCUT2D eigenvalue weighted by Crippen LogP contribution is -2.22. The molecule has 3 nitrogen and oxygen atoms in total. The quantitative estimate of drug-likeness (QED) is 0.829. The molecule has 0 saturated heterocycles. The van der Waals surface area contributed by atoms with Gasteiger partial charge in [0, 0.05) is 6.04 Å². The molecule has 2 unspecified atom stereocenters. The van der Waals surface area contributed by atoms with E-state index in [0.717, 1.165) is 17.3 Å². The van der Waals surface area contributed by atoms with Gasteiger partial charge in [0.15, 0.2) is 0 Å². The van der Waals surface area contributed by atoms with E-state index in [9.17, 15) is 0 Å². The van der Waals surface area contributed by atoms with Gasteiger partial charge in [-0.3, -0.25) is 0 Å². The molecule has 0 aliphatic carbocycles. The Kier molecular flexibility index (Phi) is 5.07. The van der Waals surface area contributed by atoms with Crippen molar-refractivity contribution in [3.8, 4) is 5.75 Å². The van der Waals surface area contributed by atoms with Gasteiger partial charge in [0.1, 0.15) is 17.3 Å². The SMILES string of the molecule is Cc1ccc(C(C)NC(C)c2cccc(OC(C)C)c2)o1. The van der Waals surface area contributed by atoms with Gasteiger partial charge in [-0.05, 0) is 64.4 Å². The molecular formula is C18H25NO2. The predicted molar refractivity (Wildman–Crippen MR) is 85.6 cm³/mol. The van der Waals surface area contributed by atoms with Crippen LogP contribution in [0.4, 0.5) is 0 Å². The van der Waals surface area contributed by atoms with Gasteiger partial charge in [0.2, 0.25) is 0 Å². The van der Waals surface area contributed by atoms with Gasteiger partial charge >= 0.3 is 0 Å². The lowest BCUT2D eigenvalue weighted by Gasteiger charge is -2.20. The van der Waals surface area contributed by atoms with Crippen molar-refractivity contribution >= 4 is 0 Å². The summed E-state index contributed by atoms with van der Waals surface area (Å²) in [6.07, 6.45) is 0.188. The van der Waals surface area contributed by atoms with Crippen LogP contribution >= 0.6 is 0 Å². The first-order valence-corrected chi connectivity index (χ1v) is 7.54. The maximum atomic E-state index is 5.75. The van der Waals surface area contributed by atoms with Crippen molar-refractivity contribution < 1.29 is 9.15 Å². The average molecular weight is 287 g/mol. The van der Waals surface area contributed by atoms with Gasteiger partial charge in [0.25, 0.3) is 0 Å². The van der Waals surface area contributed by atoms with Gasteiger partial charge < -0.3 is 14.5 Å². The van der Waals surface area contributed by atoms with Crippen molar-refractivity contribution in [2.45, 2.75) is 52.8 Å².